The molecule has 1 aromatic heterocycles. The summed E-state index contributed by atoms with van der Waals surface area (Å²) in [6.07, 6.45) is 2.25. The summed E-state index contributed by atoms with van der Waals surface area (Å²) in [5, 5.41) is 3.38. The highest BCUT2D eigenvalue weighted by molar-refractivity contribution is 5.78. The zero-order valence-electron chi connectivity index (χ0n) is 14.8. The Morgan fingerprint density at radius 2 is 1.85 bits per heavy atom. The van der Waals surface area contributed by atoms with Crippen molar-refractivity contribution in [3.63, 3.8) is 0 Å². The van der Waals surface area contributed by atoms with Gasteiger partial charge in [0.25, 0.3) is 5.56 Å². The second-order valence-electron chi connectivity index (χ2n) is 6.16. The Labute approximate surface area is 152 Å². The van der Waals surface area contributed by atoms with Crippen molar-refractivity contribution >= 4 is 22.5 Å². The van der Waals surface area contributed by atoms with Crippen molar-refractivity contribution in [1.82, 2.24) is 14.9 Å². The largest absolute Gasteiger partial charge is 0.375 e. The molecular weight excluding hydrogens is 328 g/mol. The van der Waals surface area contributed by atoms with Crippen molar-refractivity contribution in [2.45, 2.75) is 13.0 Å². The number of nitrogens with one attached hydrogen (secondary N) is 1. The van der Waals surface area contributed by atoms with Crippen LogP contribution in [-0.2, 0) is 11.3 Å². The summed E-state index contributed by atoms with van der Waals surface area (Å²) in [7, 11) is 2.03. The lowest BCUT2D eigenvalue weighted by atomic mass is 10.2. The monoisotopic (exact) mass is 350 g/mol. The number of benzene rings is 2. The van der Waals surface area contributed by atoms with Gasteiger partial charge in [-0.2, -0.15) is 0 Å². The SMILES string of the molecule is CN(CCCNC(=O)Cn1cnc2ccccc2c1=O)c1ccccc1. The van der Waals surface area contributed by atoms with E-state index in [4.69, 9.17) is 0 Å². The van der Waals surface area contributed by atoms with Crippen molar-refractivity contribution in [3.05, 3.63) is 71.3 Å². The lowest BCUT2D eigenvalue weighted by Crippen LogP contribution is -2.34. The summed E-state index contributed by atoms with van der Waals surface area (Å²) >= 11 is 0. The minimum Gasteiger partial charge on any atom is -0.375 e. The zero-order chi connectivity index (χ0) is 18.4. The van der Waals surface area contributed by atoms with Crippen molar-refractivity contribution in [2.75, 3.05) is 25.0 Å². The Balaban J connectivity index is 1.49. The summed E-state index contributed by atoms with van der Waals surface area (Å²) in [5.74, 6) is -0.188. The number of aromatic nitrogens is 2. The van der Waals surface area contributed by atoms with Crippen LogP contribution in [0.15, 0.2) is 65.7 Å². The molecule has 3 aromatic rings. The average Bonchev–Trinajstić information content (AvgIpc) is 2.68. The minimum atomic E-state index is -0.199. The van der Waals surface area contributed by atoms with Gasteiger partial charge in [0, 0.05) is 25.8 Å². The maximum Gasteiger partial charge on any atom is 0.261 e. The standard InChI is InChI=1S/C20H22N4O2/c1-23(16-8-3-2-4-9-16)13-7-12-21-19(25)14-24-15-22-18-11-6-5-10-17(18)20(24)26/h2-6,8-11,15H,7,12-14H2,1H3,(H,21,25). The highest BCUT2D eigenvalue weighted by Crippen LogP contribution is 2.10. The van der Waals surface area contributed by atoms with Gasteiger partial charge in [-0.1, -0.05) is 30.3 Å². The number of hydrogen-bond acceptors (Lipinski definition) is 4. The first-order valence-electron chi connectivity index (χ1n) is 8.62. The van der Waals surface area contributed by atoms with Crippen molar-refractivity contribution in [3.8, 4) is 0 Å². The van der Waals surface area contributed by atoms with E-state index in [1.54, 1.807) is 18.2 Å². The second-order valence-corrected chi connectivity index (χ2v) is 6.16. The van der Waals surface area contributed by atoms with Crippen LogP contribution in [0.1, 0.15) is 6.42 Å². The number of rotatable bonds is 7. The first-order valence-corrected chi connectivity index (χ1v) is 8.62. The number of hydrogen-bond donors (Lipinski definition) is 1. The molecule has 0 aliphatic rings. The third-order valence-corrected chi connectivity index (χ3v) is 4.23. The predicted octanol–water partition coefficient (Wildman–Crippen LogP) is 2.04. The van der Waals surface area contributed by atoms with Gasteiger partial charge in [0.15, 0.2) is 0 Å². The van der Waals surface area contributed by atoms with Crippen LogP contribution in [0.25, 0.3) is 10.9 Å². The van der Waals surface area contributed by atoms with Gasteiger partial charge in [-0.3, -0.25) is 14.2 Å². The van der Waals surface area contributed by atoms with E-state index in [1.807, 2.05) is 31.3 Å². The van der Waals surface area contributed by atoms with Crippen LogP contribution in [0.3, 0.4) is 0 Å². The number of fused-ring (bicyclic) bond motifs is 1. The molecular formula is C20H22N4O2. The van der Waals surface area contributed by atoms with Gasteiger partial charge in [0.2, 0.25) is 5.91 Å². The van der Waals surface area contributed by atoms with E-state index >= 15 is 0 Å². The highest BCUT2D eigenvalue weighted by atomic mass is 16.2. The molecule has 6 heteroatoms. The molecule has 0 radical (unpaired) electrons. The third-order valence-electron chi connectivity index (χ3n) is 4.23. The van der Waals surface area contributed by atoms with Gasteiger partial charge >= 0.3 is 0 Å². The number of carbonyl (C=O) groups excluding carboxylic acids is 1. The molecule has 1 amide bonds. The van der Waals surface area contributed by atoms with E-state index in [2.05, 4.69) is 27.3 Å². The molecule has 0 atom stereocenters. The minimum absolute atomic E-state index is 0.0226. The number of para-hydroxylation sites is 2. The fourth-order valence-electron chi connectivity index (χ4n) is 2.78. The Bertz CT molecular complexity index is 937. The molecule has 3 rings (SSSR count). The molecule has 26 heavy (non-hydrogen) atoms. The van der Waals surface area contributed by atoms with Gasteiger partial charge in [-0.15, -0.1) is 0 Å². The lowest BCUT2D eigenvalue weighted by molar-refractivity contribution is -0.121. The van der Waals surface area contributed by atoms with Crippen LogP contribution in [0.5, 0.6) is 0 Å². The average molecular weight is 350 g/mol. The van der Waals surface area contributed by atoms with Gasteiger partial charge < -0.3 is 10.2 Å². The number of amides is 1. The molecule has 0 spiro atoms. The Morgan fingerprint density at radius 1 is 1.12 bits per heavy atom. The first-order chi connectivity index (χ1) is 12.6. The van der Waals surface area contributed by atoms with E-state index < -0.39 is 0 Å². The Hall–Kier alpha value is -3.15. The molecule has 1 N–H and O–H groups in total. The quantitative estimate of drug-likeness (QED) is 0.662. The van der Waals surface area contributed by atoms with Crippen molar-refractivity contribution in [2.24, 2.45) is 0 Å². The molecule has 1 heterocycles. The number of nitrogens with zero attached hydrogens (tertiary/aromatic N) is 3. The van der Waals surface area contributed by atoms with Crippen LogP contribution in [0.4, 0.5) is 5.69 Å². The van der Waals surface area contributed by atoms with Crippen LogP contribution in [0.2, 0.25) is 0 Å². The topological polar surface area (TPSA) is 67.2 Å². The van der Waals surface area contributed by atoms with Gasteiger partial charge in [0.05, 0.1) is 17.2 Å². The summed E-state index contributed by atoms with van der Waals surface area (Å²) in [5.41, 5.74) is 1.58. The van der Waals surface area contributed by atoms with Gasteiger partial charge in [0.1, 0.15) is 6.54 Å². The van der Waals surface area contributed by atoms with E-state index in [-0.39, 0.29) is 18.0 Å². The van der Waals surface area contributed by atoms with E-state index in [9.17, 15) is 9.59 Å². The zero-order valence-corrected chi connectivity index (χ0v) is 14.8. The molecule has 6 nitrogen and oxygen atoms in total. The predicted molar refractivity (Wildman–Crippen MR) is 103 cm³/mol. The summed E-state index contributed by atoms with van der Waals surface area (Å²) in [6.45, 7) is 1.37. The molecule has 0 saturated carbocycles. The first kappa shape index (κ1) is 17.7. The number of anilines is 1. The highest BCUT2D eigenvalue weighted by Gasteiger charge is 2.07. The molecule has 0 fully saturated rings. The van der Waals surface area contributed by atoms with Gasteiger partial charge in [-0.25, -0.2) is 4.98 Å². The summed E-state index contributed by atoms with van der Waals surface area (Å²) in [6, 6.07) is 17.2. The second kappa shape index (κ2) is 8.29. The maximum atomic E-state index is 12.4. The fraction of sp³-hybridized carbons (Fsp3) is 0.250. The lowest BCUT2D eigenvalue weighted by Gasteiger charge is -2.19. The van der Waals surface area contributed by atoms with Crippen LogP contribution in [-0.4, -0.2) is 35.6 Å². The molecule has 2 aromatic carbocycles. The molecule has 0 unspecified atom stereocenters. The van der Waals surface area contributed by atoms with Crippen LogP contribution < -0.4 is 15.8 Å². The van der Waals surface area contributed by atoms with E-state index in [0.29, 0.717) is 17.4 Å². The summed E-state index contributed by atoms with van der Waals surface area (Å²) in [4.78, 5) is 30.8. The molecule has 0 bridgehead atoms. The summed E-state index contributed by atoms with van der Waals surface area (Å²) < 4.78 is 1.34. The Morgan fingerprint density at radius 3 is 2.65 bits per heavy atom. The number of carbonyl (C=O) groups is 1. The van der Waals surface area contributed by atoms with Crippen molar-refractivity contribution in [1.29, 1.82) is 0 Å². The van der Waals surface area contributed by atoms with E-state index in [0.717, 1.165) is 18.7 Å². The normalized spacial score (nSPS) is 10.7. The maximum absolute atomic E-state index is 12.4. The Kier molecular flexibility index (Phi) is 5.63. The van der Waals surface area contributed by atoms with Crippen molar-refractivity contribution < 1.29 is 4.79 Å². The molecule has 0 aliphatic carbocycles. The van der Waals surface area contributed by atoms with Gasteiger partial charge in [-0.05, 0) is 30.7 Å². The smallest absolute Gasteiger partial charge is 0.261 e. The van der Waals surface area contributed by atoms with Crippen LogP contribution >= 0.6 is 0 Å². The fourth-order valence-corrected chi connectivity index (χ4v) is 2.78. The molecule has 0 saturated heterocycles. The van der Waals surface area contributed by atoms with E-state index in [1.165, 1.54) is 10.9 Å². The van der Waals surface area contributed by atoms with Crippen LogP contribution in [0, 0.1) is 0 Å². The third kappa shape index (κ3) is 4.27. The molecule has 134 valence electrons. The molecule has 0 aliphatic heterocycles.